The highest BCUT2D eigenvalue weighted by molar-refractivity contribution is 5.89. The quantitative estimate of drug-likeness (QED) is 0.704. The molecule has 3 N–H and O–H groups in total. The Hall–Kier alpha value is -1.10. The van der Waals surface area contributed by atoms with Gasteiger partial charge in [-0.2, -0.15) is 0 Å². The molecule has 2 amide bonds. The lowest BCUT2D eigenvalue weighted by Crippen LogP contribution is -2.55. The Morgan fingerprint density at radius 1 is 1.50 bits per heavy atom. The SMILES string of the molecule is CC[C@H](N)C(=O)N1CCCCC1C(=O)NC. The van der Waals surface area contributed by atoms with E-state index in [0.29, 0.717) is 13.0 Å². The van der Waals surface area contributed by atoms with Gasteiger partial charge in [0.1, 0.15) is 6.04 Å². The van der Waals surface area contributed by atoms with E-state index in [-0.39, 0.29) is 17.9 Å². The van der Waals surface area contributed by atoms with Gasteiger partial charge >= 0.3 is 0 Å². The number of amides is 2. The van der Waals surface area contributed by atoms with Gasteiger partial charge in [-0.15, -0.1) is 0 Å². The van der Waals surface area contributed by atoms with Crippen molar-refractivity contribution >= 4 is 11.8 Å². The van der Waals surface area contributed by atoms with Crippen molar-refractivity contribution in [2.75, 3.05) is 13.6 Å². The van der Waals surface area contributed by atoms with Crippen molar-refractivity contribution in [1.29, 1.82) is 0 Å². The fraction of sp³-hybridized carbons (Fsp3) is 0.818. The first-order valence-corrected chi connectivity index (χ1v) is 5.89. The molecule has 1 aliphatic rings. The number of rotatable bonds is 3. The van der Waals surface area contributed by atoms with Crippen LogP contribution in [-0.4, -0.2) is 42.4 Å². The maximum absolute atomic E-state index is 12.0. The van der Waals surface area contributed by atoms with Gasteiger partial charge in [0.05, 0.1) is 6.04 Å². The molecule has 1 fully saturated rings. The molecule has 0 aliphatic carbocycles. The molecule has 0 spiro atoms. The molecule has 1 unspecified atom stereocenters. The first-order chi connectivity index (χ1) is 7.61. The second-order valence-corrected chi connectivity index (χ2v) is 4.17. The number of nitrogens with zero attached hydrogens (tertiary/aromatic N) is 1. The summed E-state index contributed by atoms with van der Waals surface area (Å²) in [5, 5.41) is 2.60. The summed E-state index contributed by atoms with van der Waals surface area (Å²) in [4.78, 5) is 25.3. The molecule has 16 heavy (non-hydrogen) atoms. The van der Waals surface area contributed by atoms with Crippen molar-refractivity contribution < 1.29 is 9.59 Å². The molecule has 1 heterocycles. The van der Waals surface area contributed by atoms with Crippen LogP contribution in [0.25, 0.3) is 0 Å². The average Bonchev–Trinajstić information content (AvgIpc) is 2.35. The van der Waals surface area contributed by atoms with Crippen molar-refractivity contribution in [3.05, 3.63) is 0 Å². The van der Waals surface area contributed by atoms with Crippen LogP contribution in [-0.2, 0) is 9.59 Å². The van der Waals surface area contributed by atoms with Crippen LogP contribution < -0.4 is 11.1 Å². The second kappa shape index (κ2) is 5.84. The maximum Gasteiger partial charge on any atom is 0.242 e. The highest BCUT2D eigenvalue weighted by Gasteiger charge is 2.33. The van der Waals surface area contributed by atoms with E-state index in [1.165, 1.54) is 0 Å². The summed E-state index contributed by atoms with van der Waals surface area (Å²) >= 11 is 0. The van der Waals surface area contributed by atoms with Gasteiger partial charge in [0, 0.05) is 13.6 Å². The third-order valence-electron chi connectivity index (χ3n) is 3.09. The van der Waals surface area contributed by atoms with Crippen LogP contribution >= 0.6 is 0 Å². The van der Waals surface area contributed by atoms with Crippen molar-refractivity contribution in [3.8, 4) is 0 Å². The van der Waals surface area contributed by atoms with E-state index in [0.717, 1.165) is 19.3 Å². The minimum atomic E-state index is -0.481. The molecule has 5 heteroatoms. The van der Waals surface area contributed by atoms with E-state index in [2.05, 4.69) is 5.32 Å². The molecule has 92 valence electrons. The Kier molecular flexibility index (Phi) is 4.73. The van der Waals surface area contributed by atoms with Crippen LogP contribution in [0, 0.1) is 0 Å². The Labute approximate surface area is 96.4 Å². The summed E-state index contributed by atoms with van der Waals surface area (Å²) in [5.41, 5.74) is 5.73. The zero-order chi connectivity index (χ0) is 12.1. The number of piperidine rings is 1. The number of likely N-dealkylation sites (N-methyl/N-ethyl adjacent to an activating group) is 1. The second-order valence-electron chi connectivity index (χ2n) is 4.17. The standard InChI is InChI=1S/C11H21N3O2/c1-3-8(12)11(16)14-7-5-4-6-9(14)10(15)13-2/h8-9H,3-7,12H2,1-2H3,(H,13,15)/t8-,9?/m0/s1. The maximum atomic E-state index is 12.0. The lowest BCUT2D eigenvalue weighted by atomic mass is 10.00. The summed E-state index contributed by atoms with van der Waals surface area (Å²) < 4.78 is 0. The lowest BCUT2D eigenvalue weighted by molar-refractivity contribution is -0.143. The van der Waals surface area contributed by atoms with Gasteiger partial charge in [-0.3, -0.25) is 9.59 Å². The third kappa shape index (κ3) is 2.72. The predicted molar refractivity (Wildman–Crippen MR) is 61.7 cm³/mol. The van der Waals surface area contributed by atoms with Gasteiger partial charge in [0.15, 0.2) is 0 Å². The van der Waals surface area contributed by atoms with Crippen molar-refractivity contribution in [1.82, 2.24) is 10.2 Å². The van der Waals surface area contributed by atoms with E-state index < -0.39 is 6.04 Å². The van der Waals surface area contributed by atoms with Gasteiger partial charge in [-0.05, 0) is 25.7 Å². The largest absolute Gasteiger partial charge is 0.357 e. The van der Waals surface area contributed by atoms with Crippen molar-refractivity contribution in [2.45, 2.75) is 44.7 Å². The minimum Gasteiger partial charge on any atom is -0.357 e. The van der Waals surface area contributed by atoms with Crippen molar-refractivity contribution in [3.63, 3.8) is 0 Å². The van der Waals surface area contributed by atoms with E-state index in [4.69, 9.17) is 5.73 Å². The van der Waals surface area contributed by atoms with Crippen molar-refractivity contribution in [2.24, 2.45) is 5.73 Å². The zero-order valence-electron chi connectivity index (χ0n) is 10.0. The predicted octanol–water partition coefficient (Wildman–Crippen LogP) is -0.149. The van der Waals surface area contributed by atoms with Crippen LogP contribution in [0.4, 0.5) is 0 Å². The number of hydrogen-bond donors (Lipinski definition) is 2. The monoisotopic (exact) mass is 227 g/mol. The number of nitrogens with two attached hydrogens (primary N) is 1. The molecule has 1 saturated heterocycles. The number of likely N-dealkylation sites (tertiary alicyclic amines) is 1. The number of carbonyl (C=O) groups is 2. The highest BCUT2D eigenvalue weighted by atomic mass is 16.2. The van der Waals surface area contributed by atoms with Crippen LogP contribution in [0.3, 0.4) is 0 Å². The summed E-state index contributed by atoms with van der Waals surface area (Å²) in [6.07, 6.45) is 3.29. The zero-order valence-corrected chi connectivity index (χ0v) is 10.0. The highest BCUT2D eigenvalue weighted by Crippen LogP contribution is 2.18. The molecule has 0 aromatic rings. The number of carbonyl (C=O) groups excluding carboxylic acids is 2. The molecular weight excluding hydrogens is 206 g/mol. The summed E-state index contributed by atoms with van der Waals surface area (Å²) in [7, 11) is 1.60. The molecule has 0 saturated carbocycles. The molecule has 0 aromatic heterocycles. The van der Waals surface area contributed by atoms with Gasteiger partial charge in [-0.1, -0.05) is 6.92 Å². The van der Waals surface area contributed by atoms with E-state index in [9.17, 15) is 9.59 Å². The van der Waals surface area contributed by atoms with Crippen LogP contribution in [0.15, 0.2) is 0 Å². The van der Waals surface area contributed by atoms with Crippen LogP contribution in [0.2, 0.25) is 0 Å². The molecule has 1 rings (SSSR count). The Balaban J connectivity index is 2.73. The minimum absolute atomic E-state index is 0.0867. The third-order valence-corrected chi connectivity index (χ3v) is 3.09. The average molecular weight is 227 g/mol. The molecule has 0 bridgehead atoms. The molecule has 2 atom stereocenters. The van der Waals surface area contributed by atoms with Crippen LogP contribution in [0.1, 0.15) is 32.6 Å². The number of nitrogens with one attached hydrogen (secondary N) is 1. The van der Waals surface area contributed by atoms with Gasteiger partial charge in [-0.25, -0.2) is 0 Å². The Morgan fingerprint density at radius 2 is 2.19 bits per heavy atom. The Bertz CT molecular complexity index is 268. The molecule has 0 radical (unpaired) electrons. The van der Waals surface area contributed by atoms with Gasteiger partial charge in [0.2, 0.25) is 11.8 Å². The van der Waals surface area contributed by atoms with E-state index in [1.54, 1.807) is 11.9 Å². The van der Waals surface area contributed by atoms with E-state index in [1.807, 2.05) is 6.92 Å². The summed E-state index contributed by atoms with van der Waals surface area (Å²) in [6, 6.07) is -0.811. The summed E-state index contributed by atoms with van der Waals surface area (Å²) in [5.74, 6) is -0.188. The first kappa shape index (κ1) is 13.0. The van der Waals surface area contributed by atoms with E-state index >= 15 is 0 Å². The van der Waals surface area contributed by atoms with Gasteiger partial charge in [0.25, 0.3) is 0 Å². The molecule has 0 aromatic carbocycles. The smallest absolute Gasteiger partial charge is 0.242 e. The first-order valence-electron chi connectivity index (χ1n) is 5.89. The fourth-order valence-corrected chi connectivity index (χ4v) is 2.02. The Morgan fingerprint density at radius 3 is 2.75 bits per heavy atom. The topological polar surface area (TPSA) is 75.4 Å². The summed E-state index contributed by atoms with van der Waals surface area (Å²) in [6.45, 7) is 2.52. The number of hydrogen-bond acceptors (Lipinski definition) is 3. The molecule has 5 nitrogen and oxygen atoms in total. The van der Waals surface area contributed by atoms with Crippen LogP contribution in [0.5, 0.6) is 0 Å². The molecular formula is C11H21N3O2. The fourth-order valence-electron chi connectivity index (χ4n) is 2.02. The molecule has 1 aliphatic heterocycles. The normalized spacial score (nSPS) is 22.7. The van der Waals surface area contributed by atoms with Gasteiger partial charge < -0.3 is 16.0 Å². The lowest BCUT2D eigenvalue weighted by Gasteiger charge is -2.35.